The van der Waals surface area contributed by atoms with Crippen molar-refractivity contribution in [1.29, 1.82) is 0 Å². The van der Waals surface area contributed by atoms with Crippen LogP contribution >= 0.6 is 11.6 Å². The fourth-order valence-electron chi connectivity index (χ4n) is 4.14. The number of rotatable bonds is 6. The molecule has 1 aliphatic heterocycles. The van der Waals surface area contributed by atoms with E-state index >= 15 is 0 Å². The summed E-state index contributed by atoms with van der Waals surface area (Å²) in [5, 5.41) is 16.0. The third-order valence-corrected chi connectivity index (χ3v) is 6.34. The number of nitro benzene ring substituents is 1. The van der Waals surface area contributed by atoms with Gasteiger partial charge in [-0.15, -0.1) is 0 Å². The molecule has 3 heterocycles. The summed E-state index contributed by atoms with van der Waals surface area (Å²) >= 11 is 6.44. The highest BCUT2D eigenvalue weighted by atomic mass is 35.5. The molecule has 10 heteroatoms. The minimum Gasteiger partial charge on any atom is -0.486 e. The molecule has 37 heavy (non-hydrogen) atoms. The summed E-state index contributed by atoms with van der Waals surface area (Å²) in [6, 6.07) is 14.0. The smallest absolute Gasteiger partial charge is 0.285 e. The van der Waals surface area contributed by atoms with Gasteiger partial charge in [0.15, 0.2) is 0 Å². The molecule has 1 fully saturated rings. The van der Waals surface area contributed by atoms with E-state index in [4.69, 9.17) is 16.3 Å². The van der Waals surface area contributed by atoms with Crippen molar-refractivity contribution in [3.63, 3.8) is 0 Å². The van der Waals surface area contributed by atoms with Crippen LogP contribution in [0.2, 0.25) is 5.02 Å². The van der Waals surface area contributed by atoms with Crippen molar-refractivity contribution < 1.29 is 9.66 Å². The molecule has 9 nitrogen and oxygen atoms in total. The van der Waals surface area contributed by atoms with Gasteiger partial charge in [-0.25, -0.2) is 9.97 Å². The van der Waals surface area contributed by atoms with Gasteiger partial charge in [-0.05, 0) is 56.4 Å². The highest BCUT2D eigenvalue weighted by molar-refractivity contribution is 6.32. The van der Waals surface area contributed by atoms with Gasteiger partial charge in [0.1, 0.15) is 30.1 Å². The molecule has 5 rings (SSSR count). The number of hydrogen-bond acceptors (Lipinski definition) is 8. The molecular formula is C27H23ClN6O3. The Kier molecular flexibility index (Phi) is 7.12. The third-order valence-electron chi connectivity index (χ3n) is 6.05. The first-order valence-corrected chi connectivity index (χ1v) is 12.1. The quantitative estimate of drug-likeness (QED) is 0.212. The van der Waals surface area contributed by atoms with Crippen molar-refractivity contribution in [2.45, 2.75) is 13.0 Å². The number of nitro groups is 1. The minimum absolute atomic E-state index is 0.0829. The molecule has 2 aromatic heterocycles. The van der Waals surface area contributed by atoms with Crippen LogP contribution in [0.5, 0.6) is 5.75 Å². The van der Waals surface area contributed by atoms with Gasteiger partial charge in [0, 0.05) is 35.8 Å². The standard InChI is InChI=1S/C27H23ClN6O3/c1-33-11-9-18(15-33)5-6-19-12-24-22(14-25(19)34(35)36)27(31-17-30-24)32-20-7-8-26(23(28)13-20)37-16-21-4-2-3-10-29-21/h2-4,7-8,10,12-14,17-18H,9,11,15-16H2,1H3,(H,30,31,32). The van der Waals surface area contributed by atoms with Crippen LogP contribution in [0.4, 0.5) is 17.2 Å². The van der Waals surface area contributed by atoms with Crippen LogP contribution < -0.4 is 10.1 Å². The van der Waals surface area contributed by atoms with Gasteiger partial charge >= 0.3 is 0 Å². The Bertz CT molecular complexity index is 1520. The van der Waals surface area contributed by atoms with Gasteiger partial charge < -0.3 is 15.0 Å². The van der Waals surface area contributed by atoms with Crippen molar-refractivity contribution in [3.8, 4) is 17.6 Å². The van der Waals surface area contributed by atoms with Gasteiger partial charge in [0.25, 0.3) is 5.69 Å². The van der Waals surface area contributed by atoms with Crippen LogP contribution in [0.1, 0.15) is 17.7 Å². The maximum Gasteiger partial charge on any atom is 0.285 e. The monoisotopic (exact) mass is 514 g/mol. The largest absolute Gasteiger partial charge is 0.486 e. The predicted molar refractivity (Wildman–Crippen MR) is 142 cm³/mol. The number of ether oxygens (including phenoxy) is 1. The Morgan fingerprint density at radius 3 is 2.84 bits per heavy atom. The van der Waals surface area contributed by atoms with E-state index in [0.29, 0.717) is 38.7 Å². The van der Waals surface area contributed by atoms with Gasteiger partial charge in [-0.3, -0.25) is 15.1 Å². The Labute approximate surface area is 218 Å². The van der Waals surface area contributed by atoms with Crippen molar-refractivity contribution in [2.75, 3.05) is 25.5 Å². The van der Waals surface area contributed by atoms with E-state index in [0.717, 1.165) is 25.2 Å². The maximum atomic E-state index is 11.9. The number of likely N-dealkylation sites (tertiary alicyclic amines) is 1. The molecule has 0 saturated carbocycles. The van der Waals surface area contributed by atoms with Crippen LogP contribution in [0.25, 0.3) is 10.9 Å². The summed E-state index contributed by atoms with van der Waals surface area (Å²) in [7, 11) is 2.04. The molecule has 0 spiro atoms. The Hall–Kier alpha value is -4.26. The fourth-order valence-corrected chi connectivity index (χ4v) is 4.38. The van der Waals surface area contributed by atoms with E-state index in [9.17, 15) is 10.1 Å². The third kappa shape index (κ3) is 5.77. The molecule has 0 amide bonds. The van der Waals surface area contributed by atoms with Crippen molar-refractivity contribution in [2.24, 2.45) is 5.92 Å². The van der Waals surface area contributed by atoms with Gasteiger partial charge in [-0.2, -0.15) is 0 Å². The summed E-state index contributed by atoms with van der Waals surface area (Å²) < 4.78 is 5.78. The molecule has 186 valence electrons. The lowest BCUT2D eigenvalue weighted by atomic mass is 10.1. The maximum absolute atomic E-state index is 11.9. The highest BCUT2D eigenvalue weighted by Crippen LogP contribution is 2.33. The molecule has 4 aromatic rings. The molecule has 2 aromatic carbocycles. The molecule has 0 radical (unpaired) electrons. The second kappa shape index (κ2) is 10.8. The lowest BCUT2D eigenvalue weighted by Crippen LogP contribution is -2.13. The second-order valence-electron chi connectivity index (χ2n) is 8.76. The molecule has 0 aliphatic carbocycles. The molecule has 1 N–H and O–H groups in total. The number of fused-ring (bicyclic) bond motifs is 1. The molecular weight excluding hydrogens is 492 g/mol. The van der Waals surface area contributed by atoms with E-state index in [2.05, 4.69) is 37.0 Å². The fraction of sp³-hybridized carbons (Fsp3) is 0.222. The number of benzene rings is 2. The number of nitrogens with zero attached hydrogens (tertiary/aromatic N) is 5. The van der Waals surface area contributed by atoms with E-state index in [1.54, 1.807) is 30.5 Å². The van der Waals surface area contributed by atoms with Crippen LogP contribution in [-0.2, 0) is 6.61 Å². The van der Waals surface area contributed by atoms with E-state index < -0.39 is 4.92 Å². The highest BCUT2D eigenvalue weighted by Gasteiger charge is 2.19. The Balaban J connectivity index is 1.39. The number of aromatic nitrogens is 3. The average molecular weight is 515 g/mol. The molecule has 1 unspecified atom stereocenters. The number of hydrogen-bond donors (Lipinski definition) is 1. The Morgan fingerprint density at radius 2 is 2.11 bits per heavy atom. The lowest BCUT2D eigenvalue weighted by Gasteiger charge is -2.12. The first-order chi connectivity index (χ1) is 18.0. The Morgan fingerprint density at radius 1 is 1.22 bits per heavy atom. The normalized spacial score (nSPS) is 15.2. The first kappa shape index (κ1) is 24.4. The van der Waals surface area contributed by atoms with Crippen molar-refractivity contribution in [3.05, 3.63) is 87.4 Å². The molecule has 0 bridgehead atoms. The lowest BCUT2D eigenvalue weighted by molar-refractivity contribution is -0.385. The van der Waals surface area contributed by atoms with Crippen molar-refractivity contribution in [1.82, 2.24) is 19.9 Å². The summed E-state index contributed by atoms with van der Waals surface area (Å²) in [6.07, 6.45) is 4.07. The van der Waals surface area contributed by atoms with Crippen LogP contribution in [-0.4, -0.2) is 44.9 Å². The predicted octanol–water partition coefficient (Wildman–Crippen LogP) is 5.21. The SMILES string of the molecule is CN1CCC(C#Cc2cc3ncnc(Nc4ccc(OCc5ccccn5)c(Cl)c4)c3cc2[N+](=O)[O-])C1. The zero-order valence-electron chi connectivity index (χ0n) is 20.0. The second-order valence-corrected chi connectivity index (χ2v) is 9.17. The van der Waals surface area contributed by atoms with Crippen LogP contribution in [0.15, 0.2) is 61.1 Å². The number of halogens is 1. The molecule has 1 atom stereocenters. The van der Waals surface area contributed by atoms with Gasteiger partial charge in [-0.1, -0.05) is 29.5 Å². The summed E-state index contributed by atoms with van der Waals surface area (Å²) in [4.78, 5) is 26.5. The zero-order chi connectivity index (χ0) is 25.8. The molecule has 1 aliphatic rings. The van der Waals surface area contributed by atoms with Crippen molar-refractivity contribution >= 4 is 39.7 Å². The van der Waals surface area contributed by atoms with Crippen LogP contribution in [0, 0.1) is 27.9 Å². The van der Waals surface area contributed by atoms with E-state index in [-0.39, 0.29) is 18.2 Å². The number of nitrogens with one attached hydrogen (secondary N) is 1. The minimum atomic E-state index is -0.425. The summed E-state index contributed by atoms with van der Waals surface area (Å²) in [6.45, 7) is 2.12. The van der Waals surface area contributed by atoms with Gasteiger partial charge in [0.05, 0.1) is 21.2 Å². The first-order valence-electron chi connectivity index (χ1n) is 11.7. The molecule has 1 saturated heterocycles. The van der Waals surface area contributed by atoms with E-state index in [1.165, 1.54) is 12.4 Å². The average Bonchev–Trinajstić information content (AvgIpc) is 3.32. The van der Waals surface area contributed by atoms with Crippen LogP contribution in [0.3, 0.4) is 0 Å². The van der Waals surface area contributed by atoms with E-state index in [1.807, 2.05) is 25.2 Å². The summed E-state index contributed by atoms with van der Waals surface area (Å²) in [5.41, 5.74) is 2.24. The van der Waals surface area contributed by atoms with Gasteiger partial charge in [0.2, 0.25) is 0 Å². The topological polar surface area (TPSA) is 106 Å². The zero-order valence-corrected chi connectivity index (χ0v) is 20.8. The summed E-state index contributed by atoms with van der Waals surface area (Å²) in [5.74, 6) is 7.34. The number of pyridine rings is 1. The number of anilines is 2.